The van der Waals surface area contributed by atoms with Gasteiger partial charge >= 0.3 is 0 Å². The monoisotopic (exact) mass is 349 g/mol. The number of hydrogen-bond acceptors (Lipinski definition) is 3. The second-order valence-corrected chi connectivity index (χ2v) is 5.61. The summed E-state index contributed by atoms with van der Waals surface area (Å²) >= 11 is 3.57. The zero-order valence-corrected chi connectivity index (χ0v) is 14.2. The highest BCUT2D eigenvalue weighted by molar-refractivity contribution is 9.10. The second-order valence-electron chi connectivity index (χ2n) is 4.76. The molecule has 0 saturated carbocycles. The first-order valence-electron chi connectivity index (χ1n) is 6.93. The number of methoxy groups -OCH3 is 1. The molecule has 0 heterocycles. The molecule has 0 spiro atoms. The SMILES string of the molecule is CCOc1ccc(CNc2ccc(C)cc2Br)cc1OC. The van der Waals surface area contributed by atoms with Crippen molar-refractivity contribution in [3.63, 3.8) is 0 Å². The number of halogens is 1. The fourth-order valence-electron chi connectivity index (χ4n) is 2.06. The van der Waals surface area contributed by atoms with Gasteiger partial charge in [0.2, 0.25) is 0 Å². The summed E-state index contributed by atoms with van der Waals surface area (Å²) < 4.78 is 12.0. The zero-order chi connectivity index (χ0) is 15.2. The van der Waals surface area contributed by atoms with Gasteiger partial charge in [-0.2, -0.15) is 0 Å². The molecule has 0 atom stereocenters. The number of aryl methyl sites for hydroxylation is 1. The summed E-state index contributed by atoms with van der Waals surface area (Å²) in [5.74, 6) is 1.54. The van der Waals surface area contributed by atoms with E-state index >= 15 is 0 Å². The molecule has 0 unspecified atom stereocenters. The standard InChI is InChI=1S/C17H20BrNO2/c1-4-21-16-8-6-13(10-17(16)20-3)11-19-15-7-5-12(2)9-14(15)18/h5-10,19H,4,11H2,1-3H3. The molecular formula is C17H20BrNO2. The summed E-state index contributed by atoms with van der Waals surface area (Å²) in [6.07, 6.45) is 0. The van der Waals surface area contributed by atoms with Crippen molar-refractivity contribution in [1.82, 2.24) is 0 Å². The Balaban J connectivity index is 2.09. The van der Waals surface area contributed by atoms with Crippen LogP contribution in [0.2, 0.25) is 0 Å². The lowest BCUT2D eigenvalue weighted by Crippen LogP contribution is -2.02. The second kappa shape index (κ2) is 7.36. The van der Waals surface area contributed by atoms with Crippen molar-refractivity contribution in [3.8, 4) is 11.5 Å². The van der Waals surface area contributed by atoms with Crippen molar-refractivity contribution >= 4 is 21.6 Å². The average molecular weight is 350 g/mol. The Hall–Kier alpha value is -1.68. The van der Waals surface area contributed by atoms with Gasteiger partial charge in [-0.1, -0.05) is 12.1 Å². The molecule has 0 amide bonds. The maximum atomic E-state index is 5.53. The average Bonchev–Trinajstić information content (AvgIpc) is 2.47. The molecular weight excluding hydrogens is 330 g/mol. The third kappa shape index (κ3) is 4.14. The van der Waals surface area contributed by atoms with Crippen molar-refractivity contribution < 1.29 is 9.47 Å². The van der Waals surface area contributed by atoms with E-state index in [1.54, 1.807) is 7.11 Å². The molecule has 2 aromatic carbocycles. The number of benzene rings is 2. The molecule has 0 aliphatic heterocycles. The van der Waals surface area contributed by atoms with E-state index in [0.29, 0.717) is 6.61 Å². The van der Waals surface area contributed by atoms with Crippen LogP contribution in [0.3, 0.4) is 0 Å². The molecule has 3 nitrogen and oxygen atoms in total. The quantitative estimate of drug-likeness (QED) is 0.814. The first-order valence-corrected chi connectivity index (χ1v) is 7.73. The van der Waals surface area contributed by atoms with Crippen LogP contribution in [0.25, 0.3) is 0 Å². The van der Waals surface area contributed by atoms with Gasteiger partial charge in [0.1, 0.15) is 0 Å². The molecule has 112 valence electrons. The van der Waals surface area contributed by atoms with Gasteiger partial charge in [0, 0.05) is 16.7 Å². The smallest absolute Gasteiger partial charge is 0.161 e. The molecule has 2 aromatic rings. The lowest BCUT2D eigenvalue weighted by atomic mass is 10.2. The molecule has 2 rings (SSSR count). The predicted octanol–water partition coefficient (Wildman–Crippen LogP) is 4.78. The summed E-state index contributed by atoms with van der Waals surface area (Å²) in [6.45, 7) is 5.39. The van der Waals surface area contributed by atoms with Crippen LogP contribution < -0.4 is 14.8 Å². The topological polar surface area (TPSA) is 30.5 Å². The van der Waals surface area contributed by atoms with Gasteiger partial charge in [0.05, 0.1) is 13.7 Å². The molecule has 21 heavy (non-hydrogen) atoms. The third-order valence-corrected chi connectivity index (χ3v) is 3.79. The van der Waals surface area contributed by atoms with Gasteiger partial charge in [0.25, 0.3) is 0 Å². The van der Waals surface area contributed by atoms with Gasteiger partial charge in [-0.05, 0) is 65.2 Å². The fourth-order valence-corrected chi connectivity index (χ4v) is 2.69. The number of ether oxygens (including phenoxy) is 2. The number of anilines is 1. The van der Waals surface area contributed by atoms with E-state index in [1.807, 2.05) is 25.1 Å². The minimum Gasteiger partial charge on any atom is -0.493 e. The van der Waals surface area contributed by atoms with Gasteiger partial charge in [-0.3, -0.25) is 0 Å². The van der Waals surface area contributed by atoms with Crippen molar-refractivity contribution in [2.75, 3.05) is 19.0 Å². The van der Waals surface area contributed by atoms with Crippen molar-refractivity contribution in [2.24, 2.45) is 0 Å². The molecule has 0 radical (unpaired) electrons. The van der Waals surface area contributed by atoms with Crippen LogP contribution in [0.4, 0.5) is 5.69 Å². The van der Waals surface area contributed by atoms with E-state index in [2.05, 4.69) is 46.4 Å². The Morgan fingerprint density at radius 2 is 1.90 bits per heavy atom. The van der Waals surface area contributed by atoms with E-state index in [1.165, 1.54) is 5.56 Å². The Morgan fingerprint density at radius 1 is 1.10 bits per heavy atom. The van der Waals surface area contributed by atoms with Crippen LogP contribution in [0.1, 0.15) is 18.1 Å². The van der Waals surface area contributed by atoms with E-state index in [-0.39, 0.29) is 0 Å². The molecule has 0 bridgehead atoms. The molecule has 0 saturated heterocycles. The maximum Gasteiger partial charge on any atom is 0.161 e. The summed E-state index contributed by atoms with van der Waals surface area (Å²) in [7, 11) is 1.66. The number of hydrogen-bond donors (Lipinski definition) is 1. The highest BCUT2D eigenvalue weighted by Gasteiger charge is 2.06. The van der Waals surface area contributed by atoms with Crippen LogP contribution in [0, 0.1) is 6.92 Å². The summed E-state index contributed by atoms with van der Waals surface area (Å²) in [4.78, 5) is 0. The van der Waals surface area contributed by atoms with Gasteiger partial charge in [0.15, 0.2) is 11.5 Å². The number of nitrogens with one attached hydrogen (secondary N) is 1. The minimum atomic E-state index is 0.629. The van der Waals surface area contributed by atoms with Crippen LogP contribution in [-0.4, -0.2) is 13.7 Å². The summed E-state index contributed by atoms with van der Waals surface area (Å²) in [5, 5.41) is 3.42. The Kier molecular flexibility index (Phi) is 5.51. The van der Waals surface area contributed by atoms with Crippen molar-refractivity contribution in [3.05, 3.63) is 52.0 Å². The first kappa shape index (κ1) is 15.7. The third-order valence-electron chi connectivity index (χ3n) is 3.14. The van der Waals surface area contributed by atoms with Crippen LogP contribution >= 0.6 is 15.9 Å². The van der Waals surface area contributed by atoms with Crippen LogP contribution in [0.5, 0.6) is 11.5 Å². The largest absolute Gasteiger partial charge is 0.493 e. The predicted molar refractivity (Wildman–Crippen MR) is 90.4 cm³/mol. The van der Waals surface area contributed by atoms with Crippen molar-refractivity contribution in [2.45, 2.75) is 20.4 Å². The summed E-state index contributed by atoms with van der Waals surface area (Å²) in [5.41, 5.74) is 3.45. The normalized spacial score (nSPS) is 10.3. The lowest BCUT2D eigenvalue weighted by molar-refractivity contribution is 0.310. The first-order chi connectivity index (χ1) is 10.1. The molecule has 1 N–H and O–H groups in total. The Bertz CT molecular complexity index is 614. The van der Waals surface area contributed by atoms with Crippen molar-refractivity contribution in [1.29, 1.82) is 0 Å². The van der Waals surface area contributed by atoms with Crippen LogP contribution in [-0.2, 0) is 6.54 Å². The van der Waals surface area contributed by atoms with Crippen LogP contribution in [0.15, 0.2) is 40.9 Å². The molecule has 0 aliphatic carbocycles. The zero-order valence-electron chi connectivity index (χ0n) is 12.6. The summed E-state index contributed by atoms with van der Waals surface area (Å²) in [6, 6.07) is 12.3. The Morgan fingerprint density at radius 3 is 2.57 bits per heavy atom. The highest BCUT2D eigenvalue weighted by atomic mass is 79.9. The lowest BCUT2D eigenvalue weighted by Gasteiger charge is -2.13. The maximum absolute atomic E-state index is 5.53. The van der Waals surface area contributed by atoms with Gasteiger partial charge in [-0.25, -0.2) is 0 Å². The minimum absolute atomic E-state index is 0.629. The molecule has 4 heteroatoms. The molecule has 0 fully saturated rings. The molecule has 0 aromatic heterocycles. The van der Waals surface area contributed by atoms with E-state index in [4.69, 9.17) is 9.47 Å². The van der Waals surface area contributed by atoms with Gasteiger partial charge in [-0.15, -0.1) is 0 Å². The number of rotatable bonds is 6. The highest BCUT2D eigenvalue weighted by Crippen LogP contribution is 2.29. The fraction of sp³-hybridized carbons (Fsp3) is 0.294. The molecule has 0 aliphatic rings. The van der Waals surface area contributed by atoms with E-state index in [0.717, 1.165) is 33.8 Å². The Labute approximate surface area is 134 Å². The van der Waals surface area contributed by atoms with Gasteiger partial charge < -0.3 is 14.8 Å². The van der Waals surface area contributed by atoms with E-state index < -0.39 is 0 Å². The van der Waals surface area contributed by atoms with E-state index in [9.17, 15) is 0 Å².